The van der Waals surface area contributed by atoms with Gasteiger partial charge in [-0.1, -0.05) is 0 Å². The molecule has 0 saturated heterocycles. The molecule has 2 aromatic rings. The summed E-state index contributed by atoms with van der Waals surface area (Å²) in [5, 5.41) is 18.3. The molecule has 1 atom stereocenters. The topological polar surface area (TPSA) is 75.4 Å². The van der Waals surface area contributed by atoms with Crippen LogP contribution in [-0.4, -0.2) is 17.2 Å². The molecule has 0 amide bonds. The highest BCUT2D eigenvalue weighted by molar-refractivity contribution is 5.48. The van der Waals surface area contributed by atoms with Crippen molar-refractivity contribution >= 4 is 0 Å². The van der Waals surface area contributed by atoms with Crippen molar-refractivity contribution in [3.05, 3.63) is 47.7 Å². The molecule has 5 nitrogen and oxygen atoms in total. The summed E-state index contributed by atoms with van der Waals surface area (Å²) in [5.41, 5.74) is 1.20. The van der Waals surface area contributed by atoms with E-state index in [0.29, 0.717) is 28.5 Å². The molecule has 0 aliphatic heterocycles. The summed E-state index contributed by atoms with van der Waals surface area (Å²) in [4.78, 5) is 4.11. The van der Waals surface area contributed by atoms with Crippen LogP contribution in [0, 0.1) is 11.3 Å². The zero-order valence-corrected chi connectivity index (χ0v) is 11.2. The molecule has 0 saturated carbocycles. The van der Waals surface area contributed by atoms with Gasteiger partial charge in [0.25, 0.3) is 0 Å². The number of nitrogens with zero attached hydrogens (tertiary/aromatic N) is 2. The molecule has 0 fully saturated rings. The summed E-state index contributed by atoms with van der Waals surface area (Å²) < 4.78 is 10.8. The molecule has 0 bridgehead atoms. The normalized spacial score (nSPS) is 11.5. The second-order valence-corrected chi connectivity index (χ2v) is 4.19. The van der Waals surface area contributed by atoms with Gasteiger partial charge in [0.15, 0.2) is 11.5 Å². The number of rotatable bonds is 4. The first kappa shape index (κ1) is 13.8. The van der Waals surface area contributed by atoms with Crippen molar-refractivity contribution < 1.29 is 14.6 Å². The van der Waals surface area contributed by atoms with Gasteiger partial charge in [0.2, 0.25) is 5.88 Å². The SMILES string of the molecule is COc1cc(C#N)ccc1Oc1ccc([C@@H](C)O)cn1. The number of pyridine rings is 1. The lowest BCUT2D eigenvalue weighted by Gasteiger charge is -2.10. The van der Waals surface area contributed by atoms with Gasteiger partial charge in [-0.05, 0) is 30.7 Å². The van der Waals surface area contributed by atoms with E-state index in [-0.39, 0.29) is 0 Å². The Kier molecular flexibility index (Phi) is 4.18. The highest BCUT2D eigenvalue weighted by Gasteiger charge is 2.08. The maximum atomic E-state index is 9.41. The molecule has 1 heterocycles. The fourth-order valence-electron chi connectivity index (χ4n) is 1.63. The van der Waals surface area contributed by atoms with Crippen LogP contribution in [0.3, 0.4) is 0 Å². The highest BCUT2D eigenvalue weighted by atomic mass is 16.5. The van der Waals surface area contributed by atoms with Crippen molar-refractivity contribution in [1.29, 1.82) is 5.26 Å². The number of aliphatic hydroxyl groups excluding tert-OH is 1. The molecule has 0 spiro atoms. The molecule has 0 aliphatic carbocycles. The molecule has 5 heteroatoms. The maximum absolute atomic E-state index is 9.41. The number of aliphatic hydroxyl groups is 1. The van der Waals surface area contributed by atoms with Crippen LogP contribution in [0.1, 0.15) is 24.2 Å². The molecule has 0 unspecified atom stereocenters. The fourth-order valence-corrected chi connectivity index (χ4v) is 1.63. The van der Waals surface area contributed by atoms with Crippen molar-refractivity contribution in [2.75, 3.05) is 7.11 Å². The summed E-state index contributed by atoms with van der Waals surface area (Å²) >= 11 is 0. The number of aromatic nitrogens is 1. The molecule has 0 aliphatic rings. The monoisotopic (exact) mass is 270 g/mol. The minimum absolute atomic E-state index is 0.386. The molecule has 2 rings (SSSR count). The largest absolute Gasteiger partial charge is 0.493 e. The van der Waals surface area contributed by atoms with Gasteiger partial charge in [0, 0.05) is 18.3 Å². The smallest absolute Gasteiger partial charge is 0.219 e. The first-order valence-electron chi connectivity index (χ1n) is 6.04. The van der Waals surface area contributed by atoms with Crippen LogP contribution >= 0.6 is 0 Å². The van der Waals surface area contributed by atoms with Gasteiger partial charge in [0.05, 0.1) is 24.8 Å². The highest BCUT2D eigenvalue weighted by Crippen LogP contribution is 2.31. The molecular weight excluding hydrogens is 256 g/mol. The summed E-state index contributed by atoms with van der Waals surface area (Å²) in [6.45, 7) is 1.67. The van der Waals surface area contributed by atoms with Crippen LogP contribution in [0.2, 0.25) is 0 Å². The number of methoxy groups -OCH3 is 1. The van der Waals surface area contributed by atoms with Crippen LogP contribution in [0.25, 0.3) is 0 Å². The Morgan fingerprint density at radius 1 is 1.25 bits per heavy atom. The van der Waals surface area contributed by atoms with Crippen molar-refractivity contribution in [2.45, 2.75) is 13.0 Å². The minimum atomic E-state index is -0.569. The van der Waals surface area contributed by atoms with Gasteiger partial charge in [0.1, 0.15) is 0 Å². The maximum Gasteiger partial charge on any atom is 0.219 e. The van der Waals surface area contributed by atoms with Crippen molar-refractivity contribution in [3.8, 4) is 23.4 Å². The summed E-state index contributed by atoms with van der Waals surface area (Å²) in [6.07, 6.45) is 0.983. The van der Waals surface area contributed by atoms with Crippen molar-refractivity contribution in [1.82, 2.24) is 4.98 Å². The Morgan fingerprint density at radius 3 is 2.60 bits per heavy atom. The van der Waals surface area contributed by atoms with Crippen LogP contribution in [-0.2, 0) is 0 Å². The molecule has 1 N–H and O–H groups in total. The van der Waals surface area contributed by atoms with Crippen molar-refractivity contribution in [3.63, 3.8) is 0 Å². The van der Waals surface area contributed by atoms with E-state index in [0.717, 1.165) is 0 Å². The van der Waals surface area contributed by atoms with E-state index in [1.54, 1.807) is 43.5 Å². The second kappa shape index (κ2) is 6.04. The number of ether oxygens (including phenoxy) is 2. The van der Waals surface area contributed by atoms with E-state index >= 15 is 0 Å². The van der Waals surface area contributed by atoms with Gasteiger partial charge >= 0.3 is 0 Å². The lowest BCUT2D eigenvalue weighted by Crippen LogP contribution is -1.95. The summed E-state index contributed by atoms with van der Waals surface area (Å²) in [6, 6.07) is 10.3. The van der Waals surface area contributed by atoms with Gasteiger partial charge in [-0.2, -0.15) is 5.26 Å². The number of benzene rings is 1. The van der Waals surface area contributed by atoms with E-state index in [1.807, 2.05) is 6.07 Å². The van der Waals surface area contributed by atoms with E-state index in [9.17, 15) is 5.11 Å². The molecule has 1 aromatic heterocycles. The van der Waals surface area contributed by atoms with E-state index < -0.39 is 6.10 Å². The zero-order valence-electron chi connectivity index (χ0n) is 11.2. The Hall–Kier alpha value is -2.58. The molecule has 1 aromatic carbocycles. The quantitative estimate of drug-likeness (QED) is 0.924. The van der Waals surface area contributed by atoms with Gasteiger partial charge in [-0.3, -0.25) is 0 Å². The lowest BCUT2D eigenvalue weighted by molar-refractivity contribution is 0.198. The molecule has 102 valence electrons. The van der Waals surface area contributed by atoms with Gasteiger partial charge in [-0.15, -0.1) is 0 Å². The predicted octanol–water partition coefficient (Wildman–Crippen LogP) is 2.81. The van der Waals surface area contributed by atoms with E-state index in [1.165, 1.54) is 7.11 Å². The third-order valence-corrected chi connectivity index (χ3v) is 2.75. The van der Waals surface area contributed by atoms with Crippen LogP contribution in [0.15, 0.2) is 36.5 Å². The minimum Gasteiger partial charge on any atom is -0.493 e. The standard InChI is InChI=1S/C15H14N2O3/c1-10(18)12-4-6-15(17-9-12)20-13-5-3-11(8-16)7-14(13)19-2/h3-7,9-10,18H,1-2H3/t10-/m1/s1. The third-order valence-electron chi connectivity index (χ3n) is 2.75. The summed E-state index contributed by atoms with van der Waals surface area (Å²) in [5.74, 6) is 1.33. The first-order chi connectivity index (χ1) is 9.63. The number of nitriles is 1. The average Bonchev–Trinajstić information content (AvgIpc) is 2.48. The van der Waals surface area contributed by atoms with Gasteiger partial charge in [-0.25, -0.2) is 4.98 Å². The molecular formula is C15H14N2O3. The zero-order chi connectivity index (χ0) is 14.5. The number of hydrogen-bond donors (Lipinski definition) is 1. The molecule has 0 radical (unpaired) electrons. The fraction of sp³-hybridized carbons (Fsp3) is 0.200. The van der Waals surface area contributed by atoms with Gasteiger partial charge < -0.3 is 14.6 Å². The summed E-state index contributed by atoms with van der Waals surface area (Å²) in [7, 11) is 1.51. The van der Waals surface area contributed by atoms with Crippen molar-refractivity contribution in [2.24, 2.45) is 0 Å². The number of hydrogen-bond acceptors (Lipinski definition) is 5. The van der Waals surface area contributed by atoms with Crippen LogP contribution < -0.4 is 9.47 Å². The predicted molar refractivity (Wildman–Crippen MR) is 72.7 cm³/mol. The van der Waals surface area contributed by atoms with E-state index in [2.05, 4.69) is 4.98 Å². The first-order valence-corrected chi connectivity index (χ1v) is 6.04. The Bertz CT molecular complexity index is 631. The second-order valence-electron chi connectivity index (χ2n) is 4.19. The Balaban J connectivity index is 2.23. The van der Waals surface area contributed by atoms with Crippen LogP contribution in [0.4, 0.5) is 0 Å². The van der Waals surface area contributed by atoms with E-state index in [4.69, 9.17) is 14.7 Å². The third kappa shape index (κ3) is 3.05. The van der Waals surface area contributed by atoms with Crippen LogP contribution in [0.5, 0.6) is 17.4 Å². The Morgan fingerprint density at radius 2 is 2.05 bits per heavy atom. The Labute approximate surface area is 117 Å². The molecule has 20 heavy (non-hydrogen) atoms. The lowest BCUT2D eigenvalue weighted by atomic mass is 10.2. The average molecular weight is 270 g/mol.